The van der Waals surface area contributed by atoms with Crippen LogP contribution in [0.5, 0.6) is 0 Å². The number of aliphatic imine (C=N–C) groups is 1. The number of hydrogen-bond donors (Lipinski definition) is 2. The Balaban J connectivity index is 1.92. The SMILES string of the molecule is CCc1nncn1CCNC(=NCCCOC)NC(C)c1ccccc1. The fourth-order valence-corrected chi connectivity index (χ4v) is 2.62. The van der Waals surface area contributed by atoms with Crippen LogP contribution in [0, 0.1) is 0 Å². The van der Waals surface area contributed by atoms with Gasteiger partial charge in [-0.15, -0.1) is 10.2 Å². The molecule has 2 N–H and O–H groups in total. The molecule has 1 heterocycles. The van der Waals surface area contributed by atoms with E-state index in [1.165, 1.54) is 5.56 Å². The van der Waals surface area contributed by atoms with E-state index in [1.807, 2.05) is 6.07 Å². The highest BCUT2D eigenvalue weighted by molar-refractivity contribution is 5.80. The van der Waals surface area contributed by atoms with Gasteiger partial charge in [0.25, 0.3) is 0 Å². The van der Waals surface area contributed by atoms with Crippen molar-refractivity contribution >= 4 is 5.96 Å². The van der Waals surface area contributed by atoms with Gasteiger partial charge in [-0.2, -0.15) is 0 Å². The second-order valence-corrected chi connectivity index (χ2v) is 6.07. The molecule has 0 aliphatic carbocycles. The van der Waals surface area contributed by atoms with Crippen molar-refractivity contribution in [1.82, 2.24) is 25.4 Å². The number of benzene rings is 1. The van der Waals surface area contributed by atoms with Gasteiger partial charge in [0.15, 0.2) is 5.96 Å². The average Bonchev–Trinajstić information content (AvgIpc) is 3.13. The molecule has 26 heavy (non-hydrogen) atoms. The second kappa shape index (κ2) is 11.3. The molecule has 1 unspecified atom stereocenters. The van der Waals surface area contributed by atoms with E-state index in [-0.39, 0.29) is 6.04 Å². The van der Waals surface area contributed by atoms with Crippen molar-refractivity contribution in [3.05, 3.63) is 48.0 Å². The fraction of sp³-hybridized carbons (Fsp3) is 0.526. The van der Waals surface area contributed by atoms with Gasteiger partial charge < -0.3 is 19.9 Å². The van der Waals surface area contributed by atoms with Crippen molar-refractivity contribution in [2.24, 2.45) is 4.99 Å². The van der Waals surface area contributed by atoms with Crippen LogP contribution in [-0.4, -0.2) is 47.5 Å². The molecule has 0 bridgehead atoms. The van der Waals surface area contributed by atoms with E-state index in [0.717, 1.165) is 44.3 Å². The fourth-order valence-electron chi connectivity index (χ4n) is 2.62. The highest BCUT2D eigenvalue weighted by atomic mass is 16.5. The molecule has 0 saturated heterocycles. The Kier molecular flexibility index (Phi) is 8.62. The van der Waals surface area contributed by atoms with Crippen LogP contribution in [-0.2, 0) is 17.7 Å². The number of nitrogens with one attached hydrogen (secondary N) is 2. The third kappa shape index (κ3) is 6.48. The lowest BCUT2D eigenvalue weighted by Gasteiger charge is -2.19. The molecule has 142 valence electrons. The minimum Gasteiger partial charge on any atom is -0.385 e. The second-order valence-electron chi connectivity index (χ2n) is 6.07. The summed E-state index contributed by atoms with van der Waals surface area (Å²) in [7, 11) is 1.71. The van der Waals surface area contributed by atoms with Gasteiger partial charge in [0.2, 0.25) is 0 Å². The topological polar surface area (TPSA) is 76.4 Å². The molecule has 0 fully saturated rings. The standard InChI is InChI=1S/C19H30N6O/c1-4-18-24-22-15-25(18)13-12-21-19(20-11-8-14-26-3)23-16(2)17-9-6-5-7-10-17/h5-7,9-10,15-16H,4,8,11-14H2,1-3H3,(H2,20,21,23). The first-order valence-corrected chi connectivity index (χ1v) is 9.20. The number of rotatable bonds is 10. The van der Waals surface area contributed by atoms with E-state index in [0.29, 0.717) is 6.61 Å². The van der Waals surface area contributed by atoms with Crippen LogP contribution in [0.3, 0.4) is 0 Å². The van der Waals surface area contributed by atoms with Crippen LogP contribution < -0.4 is 10.6 Å². The van der Waals surface area contributed by atoms with Gasteiger partial charge in [-0.05, 0) is 18.9 Å². The number of ether oxygens (including phenoxy) is 1. The van der Waals surface area contributed by atoms with Gasteiger partial charge in [0.1, 0.15) is 12.2 Å². The Morgan fingerprint density at radius 1 is 1.31 bits per heavy atom. The summed E-state index contributed by atoms with van der Waals surface area (Å²) in [5.41, 5.74) is 1.23. The molecule has 0 aliphatic rings. The smallest absolute Gasteiger partial charge is 0.191 e. The van der Waals surface area contributed by atoms with E-state index in [1.54, 1.807) is 13.4 Å². The average molecular weight is 358 g/mol. The zero-order chi connectivity index (χ0) is 18.6. The zero-order valence-corrected chi connectivity index (χ0v) is 16.0. The lowest BCUT2D eigenvalue weighted by molar-refractivity contribution is 0.197. The van der Waals surface area contributed by atoms with Gasteiger partial charge in [0.05, 0.1) is 6.04 Å². The molecule has 1 aromatic heterocycles. The van der Waals surface area contributed by atoms with E-state index in [4.69, 9.17) is 4.74 Å². The lowest BCUT2D eigenvalue weighted by atomic mass is 10.1. The molecule has 2 rings (SSSR count). The minimum absolute atomic E-state index is 0.172. The highest BCUT2D eigenvalue weighted by Gasteiger charge is 2.08. The Morgan fingerprint density at radius 3 is 2.85 bits per heavy atom. The van der Waals surface area contributed by atoms with E-state index < -0.39 is 0 Å². The highest BCUT2D eigenvalue weighted by Crippen LogP contribution is 2.10. The first-order chi connectivity index (χ1) is 12.7. The van der Waals surface area contributed by atoms with Crippen molar-refractivity contribution < 1.29 is 4.74 Å². The maximum Gasteiger partial charge on any atom is 0.191 e. The monoisotopic (exact) mass is 358 g/mol. The predicted molar refractivity (Wildman–Crippen MR) is 104 cm³/mol. The lowest BCUT2D eigenvalue weighted by Crippen LogP contribution is -2.40. The maximum atomic E-state index is 5.10. The third-order valence-corrected chi connectivity index (χ3v) is 4.09. The molecular formula is C19H30N6O. The summed E-state index contributed by atoms with van der Waals surface area (Å²) in [5.74, 6) is 1.81. The summed E-state index contributed by atoms with van der Waals surface area (Å²) in [6, 6.07) is 10.5. The zero-order valence-electron chi connectivity index (χ0n) is 16.0. The summed E-state index contributed by atoms with van der Waals surface area (Å²) in [5, 5.41) is 15.0. The number of methoxy groups -OCH3 is 1. The summed E-state index contributed by atoms with van der Waals surface area (Å²) in [6.45, 7) is 7.21. The van der Waals surface area contributed by atoms with Crippen LogP contribution in [0.15, 0.2) is 41.7 Å². The minimum atomic E-state index is 0.172. The van der Waals surface area contributed by atoms with Crippen LogP contribution in [0.4, 0.5) is 0 Å². The number of aryl methyl sites for hydroxylation is 1. The molecule has 0 radical (unpaired) electrons. The van der Waals surface area contributed by atoms with Gasteiger partial charge in [-0.3, -0.25) is 4.99 Å². The Bertz CT molecular complexity index is 655. The van der Waals surface area contributed by atoms with Gasteiger partial charge in [0, 0.05) is 39.8 Å². The van der Waals surface area contributed by atoms with Crippen LogP contribution in [0.25, 0.3) is 0 Å². The van der Waals surface area contributed by atoms with Crippen molar-refractivity contribution in [2.75, 3.05) is 26.8 Å². The number of aromatic nitrogens is 3. The third-order valence-electron chi connectivity index (χ3n) is 4.09. The molecule has 7 heteroatoms. The van der Waals surface area contributed by atoms with Crippen LogP contribution in [0.2, 0.25) is 0 Å². The molecular weight excluding hydrogens is 328 g/mol. The predicted octanol–water partition coefficient (Wildman–Crippen LogP) is 2.17. The summed E-state index contributed by atoms with van der Waals surface area (Å²) in [6.07, 6.45) is 3.55. The molecule has 2 aromatic rings. The normalized spacial score (nSPS) is 12.8. The first kappa shape index (κ1) is 19.9. The maximum absolute atomic E-state index is 5.10. The van der Waals surface area contributed by atoms with E-state index in [2.05, 4.69) is 68.5 Å². The summed E-state index contributed by atoms with van der Waals surface area (Å²) in [4.78, 5) is 4.66. The van der Waals surface area contributed by atoms with Crippen molar-refractivity contribution in [3.8, 4) is 0 Å². The number of guanidine groups is 1. The van der Waals surface area contributed by atoms with Gasteiger partial charge in [-0.1, -0.05) is 37.3 Å². The molecule has 0 saturated carbocycles. The first-order valence-electron chi connectivity index (χ1n) is 9.20. The Morgan fingerprint density at radius 2 is 2.12 bits per heavy atom. The van der Waals surface area contributed by atoms with Gasteiger partial charge in [-0.25, -0.2) is 0 Å². The van der Waals surface area contributed by atoms with Crippen molar-refractivity contribution in [1.29, 1.82) is 0 Å². The molecule has 0 aliphatic heterocycles. The molecule has 1 atom stereocenters. The quantitative estimate of drug-likeness (QED) is 0.387. The molecule has 0 spiro atoms. The van der Waals surface area contributed by atoms with E-state index in [9.17, 15) is 0 Å². The molecule has 7 nitrogen and oxygen atoms in total. The Hall–Kier alpha value is -2.41. The van der Waals surface area contributed by atoms with E-state index >= 15 is 0 Å². The summed E-state index contributed by atoms with van der Waals surface area (Å²) < 4.78 is 7.17. The van der Waals surface area contributed by atoms with Crippen LogP contribution in [0.1, 0.15) is 37.7 Å². The summed E-state index contributed by atoms with van der Waals surface area (Å²) >= 11 is 0. The number of hydrogen-bond acceptors (Lipinski definition) is 4. The van der Waals surface area contributed by atoms with Crippen molar-refractivity contribution in [3.63, 3.8) is 0 Å². The van der Waals surface area contributed by atoms with Crippen molar-refractivity contribution in [2.45, 2.75) is 39.3 Å². The molecule has 0 amide bonds. The van der Waals surface area contributed by atoms with Gasteiger partial charge >= 0.3 is 0 Å². The Labute approximate surface area is 155 Å². The van der Waals surface area contributed by atoms with Crippen LogP contribution >= 0.6 is 0 Å². The number of nitrogens with zero attached hydrogens (tertiary/aromatic N) is 4. The molecule has 1 aromatic carbocycles. The largest absolute Gasteiger partial charge is 0.385 e.